The number of benzene rings is 1. The number of hydrogen-bond acceptors (Lipinski definition) is 5. The Hall–Kier alpha value is -2.04. The first-order valence-electron chi connectivity index (χ1n) is 5.48. The third-order valence-corrected chi connectivity index (χ3v) is 2.36. The first kappa shape index (κ1) is 11.4. The molecule has 0 spiro atoms. The molecule has 3 N–H and O–H groups in total. The standard InChI is InChI=1S/C12H15N3O2/c1-7(2)6-10-14-12(17-15-10)8-4-3-5-9(13)11(8)16/h3-5,7,16H,6,13H2,1-2H3. The minimum absolute atomic E-state index is 0.0211. The molecule has 0 atom stereocenters. The second-order valence-corrected chi connectivity index (χ2v) is 4.36. The van der Waals surface area contributed by atoms with Gasteiger partial charge in [0.2, 0.25) is 0 Å². The topological polar surface area (TPSA) is 85.2 Å². The molecule has 0 saturated heterocycles. The highest BCUT2D eigenvalue weighted by Gasteiger charge is 2.14. The van der Waals surface area contributed by atoms with Gasteiger partial charge < -0.3 is 15.4 Å². The number of hydrogen-bond donors (Lipinski definition) is 2. The van der Waals surface area contributed by atoms with Gasteiger partial charge in [0, 0.05) is 6.42 Å². The average Bonchev–Trinajstić information content (AvgIpc) is 2.69. The van der Waals surface area contributed by atoms with E-state index in [4.69, 9.17) is 10.3 Å². The minimum Gasteiger partial charge on any atom is -0.505 e. The summed E-state index contributed by atoms with van der Waals surface area (Å²) in [5.74, 6) is 1.37. The maximum absolute atomic E-state index is 9.79. The van der Waals surface area contributed by atoms with Gasteiger partial charge in [-0.1, -0.05) is 25.1 Å². The fourth-order valence-electron chi connectivity index (χ4n) is 1.55. The number of nitrogens with two attached hydrogens (primary N) is 1. The lowest BCUT2D eigenvalue weighted by Gasteiger charge is -2.01. The molecule has 5 nitrogen and oxygen atoms in total. The Morgan fingerprint density at radius 3 is 2.88 bits per heavy atom. The number of para-hydroxylation sites is 1. The first-order chi connectivity index (χ1) is 8.08. The van der Waals surface area contributed by atoms with Crippen molar-refractivity contribution in [3.8, 4) is 17.2 Å². The zero-order chi connectivity index (χ0) is 12.4. The molecule has 2 rings (SSSR count). The largest absolute Gasteiger partial charge is 0.505 e. The molecule has 1 heterocycles. The van der Waals surface area contributed by atoms with Crippen LogP contribution in [0.2, 0.25) is 0 Å². The van der Waals surface area contributed by atoms with E-state index in [2.05, 4.69) is 24.0 Å². The third-order valence-electron chi connectivity index (χ3n) is 2.36. The third kappa shape index (κ3) is 2.38. The highest BCUT2D eigenvalue weighted by Crippen LogP contribution is 2.32. The fraction of sp³-hybridized carbons (Fsp3) is 0.333. The lowest BCUT2D eigenvalue weighted by molar-refractivity contribution is 0.413. The molecular formula is C12H15N3O2. The van der Waals surface area contributed by atoms with Crippen LogP contribution in [-0.2, 0) is 6.42 Å². The van der Waals surface area contributed by atoms with E-state index in [9.17, 15) is 5.11 Å². The van der Waals surface area contributed by atoms with Gasteiger partial charge in [0.05, 0.1) is 11.3 Å². The van der Waals surface area contributed by atoms with E-state index in [1.54, 1.807) is 18.2 Å². The Morgan fingerprint density at radius 1 is 1.41 bits per heavy atom. The van der Waals surface area contributed by atoms with Gasteiger partial charge in [-0.15, -0.1) is 0 Å². The van der Waals surface area contributed by atoms with Crippen LogP contribution in [0.3, 0.4) is 0 Å². The lowest BCUT2D eigenvalue weighted by Crippen LogP contribution is -1.95. The minimum atomic E-state index is -0.0211. The van der Waals surface area contributed by atoms with Crippen molar-refractivity contribution in [2.45, 2.75) is 20.3 Å². The number of aromatic hydroxyl groups is 1. The molecule has 1 aromatic carbocycles. The second-order valence-electron chi connectivity index (χ2n) is 4.36. The van der Waals surface area contributed by atoms with Crippen LogP contribution in [-0.4, -0.2) is 15.2 Å². The zero-order valence-corrected chi connectivity index (χ0v) is 9.84. The van der Waals surface area contributed by atoms with Crippen LogP contribution < -0.4 is 5.73 Å². The molecular weight excluding hydrogens is 218 g/mol. The summed E-state index contributed by atoms with van der Waals surface area (Å²) >= 11 is 0. The van der Waals surface area contributed by atoms with Crippen molar-refractivity contribution < 1.29 is 9.63 Å². The van der Waals surface area contributed by atoms with Gasteiger partial charge >= 0.3 is 0 Å². The van der Waals surface area contributed by atoms with Gasteiger partial charge in [0.15, 0.2) is 11.6 Å². The van der Waals surface area contributed by atoms with Gasteiger partial charge in [-0.3, -0.25) is 0 Å². The van der Waals surface area contributed by atoms with Crippen LogP contribution in [0, 0.1) is 5.92 Å². The van der Waals surface area contributed by atoms with Crippen molar-refractivity contribution >= 4 is 5.69 Å². The number of phenols is 1. The van der Waals surface area contributed by atoms with Gasteiger partial charge in [-0.25, -0.2) is 0 Å². The molecule has 0 bridgehead atoms. The van der Waals surface area contributed by atoms with E-state index in [-0.39, 0.29) is 5.75 Å². The Bertz CT molecular complexity index is 520. The number of phenolic OH excluding ortho intramolecular Hbond substituents is 1. The van der Waals surface area contributed by atoms with Gasteiger partial charge in [0.1, 0.15) is 0 Å². The number of nitrogen functional groups attached to an aromatic ring is 1. The smallest absolute Gasteiger partial charge is 0.261 e. The summed E-state index contributed by atoms with van der Waals surface area (Å²) in [5, 5.41) is 13.7. The summed E-state index contributed by atoms with van der Waals surface area (Å²) in [4.78, 5) is 4.23. The van der Waals surface area contributed by atoms with E-state index in [1.165, 1.54) is 0 Å². The number of nitrogens with zero attached hydrogens (tertiary/aromatic N) is 2. The van der Waals surface area contributed by atoms with E-state index in [1.807, 2.05) is 0 Å². The van der Waals surface area contributed by atoms with Crippen molar-refractivity contribution in [1.82, 2.24) is 10.1 Å². The molecule has 0 fully saturated rings. The molecule has 0 saturated carbocycles. The van der Waals surface area contributed by atoms with E-state index < -0.39 is 0 Å². The summed E-state index contributed by atoms with van der Waals surface area (Å²) in [6.07, 6.45) is 0.743. The van der Waals surface area contributed by atoms with Crippen LogP contribution in [0.15, 0.2) is 22.7 Å². The number of aromatic nitrogens is 2. The summed E-state index contributed by atoms with van der Waals surface area (Å²) < 4.78 is 5.11. The van der Waals surface area contributed by atoms with Crippen molar-refractivity contribution in [2.75, 3.05) is 5.73 Å². The molecule has 90 valence electrons. The van der Waals surface area contributed by atoms with Crippen molar-refractivity contribution in [3.05, 3.63) is 24.0 Å². The molecule has 0 amide bonds. The SMILES string of the molecule is CC(C)Cc1noc(-c2cccc(N)c2O)n1. The molecule has 0 aliphatic carbocycles. The summed E-state index contributed by atoms with van der Waals surface area (Å²) in [7, 11) is 0. The molecule has 0 radical (unpaired) electrons. The maximum atomic E-state index is 9.79. The predicted octanol–water partition coefficient (Wildman–Crippen LogP) is 2.22. The van der Waals surface area contributed by atoms with Crippen molar-refractivity contribution in [1.29, 1.82) is 0 Å². The van der Waals surface area contributed by atoms with Crippen LogP contribution >= 0.6 is 0 Å². The van der Waals surface area contributed by atoms with Crippen molar-refractivity contribution in [2.24, 2.45) is 5.92 Å². The number of anilines is 1. The number of rotatable bonds is 3. The first-order valence-corrected chi connectivity index (χ1v) is 5.48. The Morgan fingerprint density at radius 2 is 2.18 bits per heavy atom. The van der Waals surface area contributed by atoms with Crippen LogP contribution in [0.1, 0.15) is 19.7 Å². The van der Waals surface area contributed by atoms with Crippen LogP contribution in [0.5, 0.6) is 5.75 Å². The Kier molecular flexibility index (Phi) is 2.99. The zero-order valence-electron chi connectivity index (χ0n) is 9.84. The normalized spacial score (nSPS) is 11.0. The highest BCUT2D eigenvalue weighted by molar-refractivity contribution is 5.71. The van der Waals surface area contributed by atoms with Gasteiger partial charge in [-0.2, -0.15) is 4.98 Å². The van der Waals surface area contributed by atoms with Gasteiger partial charge in [-0.05, 0) is 18.1 Å². The lowest BCUT2D eigenvalue weighted by atomic mass is 10.1. The predicted molar refractivity (Wildman–Crippen MR) is 64.4 cm³/mol. The molecule has 1 aromatic heterocycles. The van der Waals surface area contributed by atoms with E-state index in [0.717, 1.165) is 6.42 Å². The van der Waals surface area contributed by atoms with Crippen LogP contribution in [0.4, 0.5) is 5.69 Å². The summed E-state index contributed by atoms with van der Waals surface area (Å²) in [6.45, 7) is 4.15. The Labute approximate surface area is 99.3 Å². The monoisotopic (exact) mass is 233 g/mol. The second kappa shape index (κ2) is 4.45. The summed E-state index contributed by atoms with van der Waals surface area (Å²) in [5.41, 5.74) is 6.37. The highest BCUT2D eigenvalue weighted by atomic mass is 16.5. The molecule has 0 unspecified atom stereocenters. The average molecular weight is 233 g/mol. The maximum Gasteiger partial charge on any atom is 0.261 e. The van der Waals surface area contributed by atoms with E-state index >= 15 is 0 Å². The molecule has 5 heteroatoms. The molecule has 17 heavy (non-hydrogen) atoms. The van der Waals surface area contributed by atoms with E-state index in [0.29, 0.717) is 28.9 Å². The molecule has 2 aromatic rings. The van der Waals surface area contributed by atoms with Crippen LogP contribution in [0.25, 0.3) is 11.5 Å². The van der Waals surface area contributed by atoms with Crippen molar-refractivity contribution in [3.63, 3.8) is 0 Å². The summed E-state index contributed by atoms with van der Waals surface area (Å²) in [6, 6.07) is 5.04. The Balaban J connectivity index is 2.34. The fourth-order valence-corrected chi connectivity index (χ4v) is 1.55. The molecule has 0 aliphatic heterocycles. The molecule has 0 aliphatic rings. The quantitative estimate of drug-likeness (QED) is 0.627. The van der Waals surface area contributed by atoms with Gasteiger partial charge in [0.25, 0.3) is 5.89 Å².